The predicted molar refractivity (Wildman–Crippen MR) is 111 cm³/mol. The molecule has 0 bridgehead atoms. The Morgan fingerprint density at radius 2 is 1.66 bits per heavy atom. The minimum Gasteiger partial charge on any atom is -0.366 e. The Morgan fingerprint density at radius 1 is 0.966 bits per heavy atom. The number of benzene rings is 2. The van der Waals surface area contributed by atoms with E-state index in [-0.39, 0.29) is 11.7 Å². The molecule has 29 heavy (non-hydrogen) atoms. The highest BCUT2D eigenvalue weighted by molar-refractivity contribution is 6.45. The van der Waals surface area contributed by atoms with Gasteiger partial charge in [0.25, 0.3) is 11.8 Å². The number of amides is 2. The Balaban J connectivity index is 1.78. The molecule has 4 rings (SSSR count). The summed E-state index contributed by atoms with van der Waals surface area (Å²) in [5, 5.41) is 0. The van der Waals surface area contributed by atoms with Gasteiger partial charge in [-0.1, -0.05) is 36.4 Å². The van der Waals surface area contributed by atoms with Gasteiger partial charge >= 0.3 is 0 Å². The molecule has 0 unspecified atom stereocenters. The van der Waals surface area contributed by atoms with Crippen LogP contribution in [-0.2, 0) is 9.59 Å². The number of anilines is 1. The smallest absolute Gasteiger partial charge is 0.282 e. The average Bonchev–Trinajstić information content (AvgIpc) is 2.99. The summed E-state index contributed by atoms with van der Waals surface area (Å²) >= 11 is 0. The molecular formula is C23H24FN3O2. The molecule has 2 amide bonds. The summed E-state index contributed by atoms with van der Waals surface area (Å²) in [5.41, 5.74) is 1.71. The lowest BCUT2D eigenvalue weighted by Gasteiger charge is -2.36. The lowest BCUT2D eigenvalue weighted by molar-refractivity contribution is -0.120. The predicted octanol–water partition coefficient (Wildman–Crippen LogP) is 3.14. The second-order valence-electron chi connectivity index (χ2n) is 7.66. The van der Waals surface area contributed by atoms with Crippen molar-refractivity contribution in [3.05, 3.63) is 71.7 Å². The summed E-state index contributed by atoms with van der Waals surface area (Å²) in [6.45, 7) is 1.89. The number of halogens is 1. The highest BCUT2D eigenvalue weighted by atomic mass is 19.1. The fourth-order valence-corrected chi connectivity index (χ4v) is 4.12. The van der Waals surface area contributed by atoms with Gasteiger partial charge in [0.15, 0.2) is 0 Å². The summed E-state index contributed by atoms with van der Waals surface area (Å²) < 4.78 is 13.8. The third kappa shape index (κ3) is 3.56. The summed E-state index contributed by atoms with van der Waals surface area (Å²) in [6, 6.07) is 15.0. The topological polar surface area (TPSA) is 43.9 Å². The molecule has 0 aromatic heterocycles. The Bertz CT molecular complexity index is 965. The van der Waals surface area contributed by atoms with Gasteiger partial charge in [-0.2, -0.15) is 0 Å². The summed E-state index contributed by atoms with van der Waals surface area (Å²) in [4.78, 5) is 32.1. The van der Waals surface area contributed by atoms with Gasteiger partial charge in [-0.3, -0.25) is 9.59 Å². The molecule has 6 heteroatoms. The third-order valence-corrected chi connectivity index (χ3v) is 5.78. The first-order chi connectivity index (χ1) is 14.0. The first kappa shape index (κ1) is 19.3. The third-order valence-electron chi connectivity index (χ3n) is 5.78. The molecule has 0 aliphatic carbocycles. The van der Waals surface area contributed by atoms with Crippen molar-refractivity contribution >= 4 is 23.1 Å². The Hall–Kier alpha value is -2.99. The Labute approximate surface area is 170 Å². The number of carbonyl (C=O) groups is 2. The van der Waals surface area contributed by atoms with Crippen molar-refractivity contribution in [3.63, 3.8) is 0 Å². The van der Waals surface area contributed by atoms with Gasteiger partial charge in [-0.05, 0) is 56.7 Å². The van der Waals surface area contributed by atoms with E-state index in [0.717, 1.165) is 30.8 Å². The zero-order chi connectivity index (χ0) is 20.5. The SMILES string of the molecule is CN1CCC(N(C)C2=C(c3ccccc3)C(=O)N(c3cccc(F)c3)C2=O)CC1. The van der Waals surface area contributed by atoms with Crippen LogP contribution in [0.1, 0.15) is 18.4 Å². The molecule has 0 N–H and O–H groups in total. The standard InChI is InChI=1S/C23H24FN3O2/c1-25-13-11-18(12-14-25)26(2)21-20(16-7-4-3-5-8-16)22(28)27(23(21)29)19-10-6-9-17(24)15-19/h3-10,15,18H,11-14H2,1-2H3. The van der Waals surface area contributed by atoms with Crippen LogP contribution in [0.5, 0.6) is 0 Å². The van der Waals surface area contributed by atoms with E-state index >= 15 is 0 Å². The molecule has 0 radical (unpaired) electrons. The molecule has 1 saturated heterocycles. The van der Waals surface area contributed by atoms with Crippen molar-refractivity contribution in [1.29, 1.82) is 0 Å². The van der Waals surface area contributed by atoms with Gasteiger partial charge in [0, 0.05) is 13.1 Å². The van der Waals surface area contributed by atoms with Gasteiger partial charge in [-0.25, -0.2) is 9.29 Å². The van der Waals surface area contributed by atoms with Crippen LogP contribution < -0.4 is 4.90 Å². The zero-order valence-corrected chi connectivity index (χ0v) is 16.6. The number of hydrogen-bond acceptors (Lipinski definition) is 4. The number of imide groups is 1. The second-order valence-corrected chi connectivity index (χ2v) is 7.66. The molecule has 2 aromatic carbocycles. The van der Waals surface area contributed by atoms with E-state index in [0.29, 0.717) is 16.8 Å². The van der Waals surface area contributed by atoms with Crippen molar-refractivity contribution < 1.29 is 14.0 Å². The maximum Gasteiger partial charge on any atom is 0.282 e. The van der Waals surface area contributed by atoms with Crippen molar-refractivity contribution in [3.8, 4) is 0 Å². The molecule has 150 valence electrons. The van der Waals surface area contributed by atoms with Crippen LogP contribution in [0, 0.1) is 5.82 Å². The number of piperidine rings is 1. The van der Waals surface area contributed by atoms with Gasteiger partial charge in [0.1, 0.15) is 11.5 Å². The van der Waals surface area contributed by atoms with E-state index in [9.17, 15) is 14.0 Å². The van der Waals surface area contributed by atoms with Crippen LogP contribution in [0.2, 0.25) is 0 Å². The number of carbonyl (C=O) groups excluding carboxylic acids is 2. The zero-order valence-electron chi connectivity index (χ0n) is 16.6. The molecule has 0 saturated carbocycles. The van der Waals surface area contributed by atoms with Crippen molar-refractivity contribution in [1.82, 2.24) is 9.80 Å². The number of rotatable bonds is 4. The highest BCUT2D eigenvalue weighted by Crippen LogP contribution is 2.36. The number of likely N-dealkylation sites (tertiary alicyclic amines) is 1. The Kier molecular flexibility index (Phi) is 5.20. The molecule has 2 heterocycles. The summed E-state index contributed by atoms with van der Waals surface area (Å²) in [5.74, 6) is -1.30. The van der Waals surface area contributed by atoms with Crippen LogP contribution in [0.25, 0.3) is 5.57 Å². The average molecular weight is 393 g/mol. The molecule has 5 nitrogen and oxygen atoms in total. The summed E-state index contributed by atoms with van der Waals surface area (Å²) in [7, 11) is 3.97. The fourth-order valence-electron chi connectivity index (χ4n) is 4.12. The van der Waals surface area contributed by atoms with Crippen LogP contribution in [0.4, 0.5) is 10.1 Å². The highest BCUT2D eigenvalue weighted by Gasteiger charge is 2.43. The van der Waals surface area contributed by atoms with Crippen LogP contribution in [0.3, 0.4) is 0 Å². The van der Waals surface area contributed by atoms with Crippen molar-refractivity contribution in [2.24, 2.45) is 0 Å². The first-order valence-corrected chi connectivity index (χ1v) is 9.83. The molecule has 0 spiro atoms. The molecule has 0 atom stereocenters. The molecule has 2 aliphatic rings. The van der Waals surface area contributed by atoms with E-state index < -0.39 is 17.6 Å². The number of hydrogen-bond donors (Lipinski definition) is 0. The quantitative estimate of drug-likeness (QED) is 0.749. The molecule has 1 fully saturated rings. The minimum absolute atomic E-state index is 0.170. The van der Waals surface area contributed by atoms with E-state index in [1.165, 1.54) is 18.2 Å². The van der Waals surface area contributed by atoms with Gasteiger partial charge in [0.05, 0.1) is 11.3 Å². The Morgan fingerprint density at radius 3 is 2.31 bits per heavy atom. The van der Waals surface area contributed by atoms with E-state index in [1.54, 1.807) is 6.07 Å². The van der Waals surface area contributed by atoms with Crippen LogP contribution in [0.15, 0.2) is 60.3 Å². The number of likely N-dealkylation sites (N-methyl/N-ethyl adjacent to an activating group) is 1. The maximum atomic E-state index is 13.8. The minimum atomic E-state index is -0.485. The van der Waals surface area contributed by atoms with Crippen molar-refractivity contribution in [2.75, 3.05) is 32.1 Å². The van der Waals surface area contributed by atoms with E-state index in [1.807, 2.05) is 42.3 Å². The monoisotopic (exact) mass is 393 g/mol. The lowest BCUT2D eigenvalue weighted by atomic mass is 10.0. The van der Waals surface area contributed by atoms with Gasteiger partial charge < -0.3 is 9.80 Å². The first-order valence-electron chi connectivity index (χ1n) is 9.83. The van der Waals surface area contributed by atoms with E-state index in [4.69, 9.17) is 0 Å². The van der Waals surface area contributed by atoms with Gasteiger partial charge in [-0.15, -0.1) is 0 Å². The fraction of sp³-hybridized carbons (Fsp3) is 0.304. The molecule has 2 aromatic rings. The van der Waals surface area contributed by atoms with E-state index in [2.05, 4.69) is 11.9 Å². The maximum absolute atomic E-state index is 13.8. The van der Waals surface area contributed by atoms with Crippen molar-refractivity contribution in [2.45, 2.75) is 18.9 Å². The molecular weight excluding hydrogens is 369 g/mol. The van der Waals surface area contributed by atoms with Gasteiger partial charge in [0.2, 0.25) is 0 Å². The largest absolute Gasteiger partial charge is 0.366 e. The normalized spacial score (nSPS) is 18.7. The molecule has 2 aliphatic heterocycles. The van der Waals surface area contributed by atoms with Crippen LogP contribution >= 0.6 is 0 Å². The lowest BCUT2D eigenvalue weighted by Crippen LogP contribution is -2.43. The summed E-state index contributed by atoms with van der Waals surface area (Å²) in [6.07, 6.45) is 1.83. The van der Waals surface area contributed by atoms with Crippen LogP contribution in [-0.4, -0.2) is 54.8 Å². The second kappa shape index (κ2) is 7.79. The number of nitrogens with zero attached hydrogens (tertiary/aromatic N) is 3.